The average molecular weight is 312 g/mol. The molecule has 2 aromatic rings. The lowest BCUT2D eigenvalue weighted by Crippen LogP contribution is -2.33. The summed E-state index contributed by atoms with van der Waals surface area (Å²) < 4.78 is 5.95. The van der Waals surface area contributed by atoms with Crippen LogP contribution < -0.4 is 15.8 Å². The Morgan fingerprint density at radius 1 is 1.04 bits per heavy atom. The quantitative estimate of drug-likeness (QED) is 0.860. The topological polar surface area (TPSA) is 81.4 Å². The number of rotatable bonds is 6. The molecule has 5 heteroatoms. The summed E-state index contributed by atoms with van der Waals surface area (Å²) in [6.45, 7) is 3.94. The molecule has 2 aromatic carbocycles. The van der Waals surface area contributed by atoms with Crippen molar-refractivity contribution in [1.29, 1.82) is 0 Å². The Morgan fingerprint density at radius 2 is 1.65 bits per heavy atom. The first-order valence-corrected chi connectivity index (χ1v) is 7.41. The van der Waals surface area contributed by atoms with Gasteiger partial charge in [-0.3, -0.25) is 9.59 Å². The minimum atomic E-state index is -0.595. The lowest BCUT2D eigenvalue weighted by molar-refractivity contribution is -0.117. The summed E-state index contributed by atoms with van der Waals surface area (Å²) in [5, 5.41) is 2.47. The summed E-state index contributed by atoms with van der Waals surface area (Å²) in [7, 11) is 0. The van der Waals surface area contributed by atoms with Gasteiger partial charge in [0, 0.05) is 0 Å². The molecule has 0 unspecified atom stereocenters. The maximum absolute atomic E-state index is 12.2. The van der Waals surface area contributed by atoms with E-state index in [9.17, 15) is 9.59 Å². The van der Waals surface area contributed by atoms with Crippen molar-refractivity contribution < 1.29 is 14.3 Å². The molecule has 0 bridgehead atoms. The van der Waals surface area contributed by atoms with Gasteiger partial charge in [-0.2, -0.15) is 0 Å². The SMILES string of the molecule is CC(C)c1ccccc1Oc1ccccc1C(=O)NCC(N)=O. The molecule has 0 spiro atoms. The zero-order valence-electron chi connectivity index (χ0n) is 13.2. The highest BCUT2D eigenvalue weighted by Crippen LogP contribution is 2.31. The molecule has 0 aromatic heterocycles. The van der Waals surface area contributed by atoms with Gasteiger partial charge < -0.3 is 15.8 Å². The lowest BCUT2D eigenvalue weighted by Gasteiger charge is -2.15. The van der Waals surface area contributed by atoms with Crippen LogP contribution in [-0.4, -0.2) is 18.4 Å². The molecule has 2 rings (SSSR count). The Labute approximate surface area is 135 Å². The summed E-state index contributed by atoms with van der Waals surface area (Å²) in [4.78, 5) is 23.0. The molecule has 0 fully saturated rings. The van der Waals surface area contributed by atoms with Crippen molar-refractivity contribution in [3.8, 4) is 11.5 Å². The first-order chi connectivity index (χ1) is 11.0. The zero-order chi connectivity index (χ0) is 16.8. The zero-order valence-corrected chi connectivity index (χ0v) is 13.2. The molecule has 0 aliphatic carbocycles. The van der Waals surface area contributed by atoms with Crippen LogP contribution >= 0.6 is 0 Å². The normalized spacial score (nSPS) is 10.4. The summed E-state index contributed by atoms with van der Waals surface area (Å²) in [5.74, 6) is 0.436. The minimum Gasteiger partial charge on any atom is -0.456 e. The summed E-state index contributed by atoms with van der Waals surface area (Å²) in [6.07, 6.45) is 0. The van der Waals surface area contributed by atoms with Gasteiger partial charge in [0.2, 0.25) is 5.91 Å². The fourth-order valence-electron chi connectivity index (χ4n) is 2.17. The number of primary amides is 1. The van der Waals surface area contributed by atoms with E-state index in [0.29, 0.717) is 23.0 Å². The van der Waals surface area contributed by atoms with Crippen molar-refractivity contribution >= 4 is 11.8 Å². The fraction of sp³-hybridized carbons (Fsp3) is 0.222. The predicted octanol–water partition coefficient (Wildman–Crippen LogP) is 2.82. The van der Waals surface area contributed by atoms with Gasteiger partial charge in [-0.1, -0.05) is 44.2 Å². The third kappa shape index (κ3) is 4.32. The summed E-state index contributed by atoms with van der Waals surface area (Å²) in [5.41, 5.74) is 6.46. The number of ether oxygens (including phenoxy) is 1. The monoisotopic (exact) mass is 312 g/mol. The van der Waals surface area contributed by atoms with Gasteiger partial charge >= 0.3 is 0 Å². The first-order valence-electron chi connectivity index (χ1n) is 7.41. The van der Waals surface area contributed by atoms with Crippen LogP contribution in [0, 0.1) is 0 Å². The van der Waals surface area contributed by atoms with Crippen LogP contribution in [0.5, 0.6) is 11.5 Å². The lowest BCUT2D eigenvalue weighted by atomic mass is 10.0. The number of hydrogen-bond donors (Lipinski definition) is 2. The van der Waals surface area contributed by atoms with E-state index < -0.39 is 11.8 Å². The Bertz CT molecular complexity index is 711. The van der Waals surface area contributed by atoms with Gasteiger partial charge in [0.25, 0.3) is 5.91 Å². The standard InChI is InChI=1S/C18H20N2O3/c1-12(2)13-7-3-5-9-15(13)23-16-10-6-4-8-14(16)18(22)20-11-17(19)21/h3-10,12H,11H2,1-2H3,(H2,19,21)(H,20,22). The minimum absolute atomic E-state index is 0.213. The molecular formula is C18H20N2O3. The molecular weight excluding hydrogens is 292 g/mol. The smallest absolute Gasteiger partial charge is 0.255 e. The van der Waals surface area contributed by atoms with Crippen molar-refractivity contribution in [2.45, 2.75) is 19.8 Å². The van der Waals surface area contributed by atoms with E-state index in [0.717, 1.165) is 5.56 Å². The molecule has 3 N–H and O–H groups in total. The number of para-hydroxylation sites is 2. The predicted molar refractivity (Wildman–Crippen MR) is 88.6 cm³/mol. The van der Waals surface area contributed by atoms with E-state index in [4.69, 9.17) is 10.5 Å². The second-order valence-electron chi connectivity index (χ2n) is 5.44. The van der Waals surface area contributed by atoms with Crippen molar-refractivity contribution in [3.05, 3.63) is 59.7 Å². The van der Waals surface area contributed by atoms with Gasteiger partial charge in [-0.15, -0.1) is 0 Å². The number of nitrogens with two attached hydrogens (primary N) is 1. The maximum atomic E-state index is 12.2. The first kappa shape index (κ1) is 16.5. The van der Waals surface area contributed by atoms with Crippen molar-refractivity contribution in [2.75, 3.05) is 6.54 Å². The van der Waals surface area contributed by atoms with E-state index in [2.05, 4.69) is 19.2 Å². The molecule has 0 aliphatic rings. The molecule has 0 saturated heterocycles. The number of benzene rings is 2. The highest BCUT2D eigenvalue weighted by Gasteiger charge is 2.15. The average Bonchev–Trinajstić information content (AvgIpc) is 2.53. The third-order valence-corrected chi connectivity index (χ3v) is 3.32. The molecule has 120 valence electrons. The van der Waals surface area contributed by atoms with Crippen LogP contribution in [0.25, 0.3) is 0 Å². The molecule has 0 saturated carbocycles. The maximum Gasteiger partial charge on any atom is 0.255 e. The van der Waals surface area contributed by atoms with E-state index in [-0.39, 0.29) is 6.54 Å². The molecule has 5 nitrogen and oxygen atoms in total. The fourth-order valence-corrected chi connectivity index (χ4v) is 2.17. The van der Waals surface area contributed by atoms with Crippen LogP contribution in [0.3, 0.4) is 0 Å². The van der Waals surface area contributed by atoms with Crippen LogP contribution in [0.15, 0.2) is 48.5 Å². The molecule has 0 radical (unpaired) electrons. The Kier molecular flexibility index (Phi) is 5.36. The van der Waals surface area contributed by atoms with Gasteiger partial charge in [-0.05, 0) is 29.7 Å². The van der Waals surface area contributed by atoms with Crippen molar-refractivity contribution in [3.63, 3.8) is 0 Å². The summed E-state index contributed by atoms with van der Waals surface area (Å²) in [6, 6.07) is 14.6. The van der Waals surface area contributed by atoms with Gasteiger partial charge in [-0.25, -0.2) is 0 Å². The molecule has 23 heavy (non-hydrogen) atoms. The Balaban J connectivity index is 2.28. The number of carbonyl (C=O) groups is 2. The summed E-state index contributed by atoms with van der Waals surface area (Å²) >= 11 is 0. The number of hydrogen-bond acceptors (Lipinski definition) is 3. The van der Waals surface area contributed by atoms with Gasteiger partial charge in [0.15, 0.2) is 0 Å². The van der Waals surface area contributed by atoms with Crippen LogP contribution in [0.4, 0.5) is 0 Å². The van der Waals surface area contributed by atoms with E-state index in [1.54, 1.807) is 24.3 Å². The van der Waals surface area contributed by atoms with Crippen LogP contribution in [-0.2, 0) is 4.79 Å². The number of carbonyl (C=O) groups excluding carboxylic acids is 2. The van der Waals surface area contributed by atoms with Crippen molar-refractivity contribution in [1.82, 2.24) is 5.32 Å². The number of nitrogens with one attached hydrogen (secondary N) is 1. The van der Waals surface area contributed by atoms with E-state index >= 15 is 0 Å². The van der Waals surface area contributed by atoms with E-state index in [1.807, 2.05) is 24.3 Å². The highest BCUT2D eigenvalue weighted by molar-refractivity contribution is 5.98. The van der Waals surface area contributed by atoms with Gasteiger partial charge in [0.1, 0.15) is 11.5 Å². The molecule has 0 aliphatic heterocycles. The highest BCUT2D eigenvalue weighted by atomic mass is 16.5. The second-order valence-corrected chi connectivity index (χ2v) is 5.44. The second kappa shape index (κ2) is 7.45. The molecule has 0 heterocycles. The van der Waals surface area contributed by atoms with Crippen molar-refractivity contribution in [2.24, 2.45) is 5.73 Å². The largest absolute Gasteiger partial charge is 0.456 e. The molecule has 0 atom stereocenters. The molecule has 2 amide bonds. The van der Waals surface area contributed by atoms with Crippen LogP contribution in [0.2, 0.25) is 0 Å². The number of amides is 2. The Morgan fingerprint density at radius 3 is 2.30 bits per heavy atom. The Hall–Kier alpha value is -2.82. The van der Waals surface area contributed by atoms with E-state index in [1.165, 1.54) is 0 Å². The third-order valence-electron chi connectivity index (χ3n) is 3.32. The van der Waals surface area contributed by atoms with Gasteiger partial charge in [0.05, 0.1) is 12.1 Å². The van der Waals surface area contributed by atoms with Crippen LogP contribution in [0.1, 0.15) is 35.7 Å².